The maximum absolute atomic E-state index is 11.3. The van der Waals surface area contributed by atoms with Crippen LogP contribution in [0, 0.1) is 5.92 Å². The molecule has 16 heavy (non-hydrogen) atoms. The fourth-order valence-corrected chi connectivity index (χ4v) is 1.39. The Bertz CT molecular complexity index is 409. The lowest BCUT2D eigenvalue weighted by Gasteiger charge is -2.04. The molecule has 1 heterocycles. The average molecular weight is 223 g/mol. The van der Waals surface area contributed by atoms with Crippen molar-refractivity contribution in [1.82, 2.24) is 14.9 Å². The van der Waals surface area contributed by atoms with Crippen LogP contribution in [0.3, 0.4) is 0 Å². The highest BCUT2D eigenvalue weighted by molar-refractivity contribution is 5.84. The summed E-state index contributed by atoms with van der Waals surface area (Å²) in [6.07, 6.45) is 4.87. The van der Waals surface area contributed by atoms with Crippen LogP contribution in [0.15, 0.2) is 12.5 Å². The third-order valence-corrected chi connectivity index (χ3v) is 2.47. The summed E-state index contributed by atoms with van der Waals surface area (Å²) in [5, 5.41) is 11.4. The third-order valence-electron chi connectivity index (χ3n) is 2.47. The molecular weight excluding hydrogens is 210 g/mol. The Morgan fingerprint density at radius 2 is 2.31 bits per heavy atom. The summed E-state index contributed by atoms with van der Waals surface area (Å²) in [4.78, 5) is 25.5. The second-order valence-corrected chi connectivity index (χ2v) is 3.87. The summed E-state index contributed by atoms with van der Waals surface area (Å²) in [6.45, 7) is 1.05. The highest BCUT2D eigenvalue weighted by atomic mass is 16.4. The van der Waals surface area contributed by atoms with Crippen molar-refractivity contribution >= 4 is 11.9 Å². The number of amides is 1. The van der Waals surface area contributed by atoms with E-state index in [2.05, 4.69) is 10.3 Å². The molecule has 6 heteroatoms. The lowest BCUT2D eigenvalue weighted by molar-refractivity contribution is -0.122. The van der Waals surface area contributed by atoms with Crippen molar-refractivity contribution in [3.8, 4) is 0 Å². The molecule has 6 nitrogen and oxygen atoms in total. The number of hydrogen-bond acceptors (Lipinski definition) is 3. The Balaban J connectivity index is 1.75. The quantitative estimate of drug-likeness (QED) is 0.741. The van der Waals surface area contributed by atoms with Gasteiger partial charge >= 0.3 is 5.97 Å². The summed E-state index contributed by atoms with van der Waals surface area (Å²) in [6, 6.07) is 0. The molecule has 0 spiro atoms. The second-order valence-electron chi connectivity index (χ2n) is 3.87. The topological polar surface area (TPSA) is 84.2 Å². The van der Waals surface area contributed by atoms with Crippen LogP contribution in [0.1, 0.15) is 23.3 Å². The number of aromatic carboxylic acids is 1. The fourth-order valence-electron chi connectivity index (χ4n) is 1.39. The van der Waals surface area contributed by atoms with E-state index in [1.807, 2.05) is 0 Å². The first kappa shape index (κ1) is 10.7. The van der Waals surface area contributed by atoms with Gasteiger partial charge in [0.1, 0.15) is 0 Å². The molecule has 0 atom stereocenters. The van der Waals surface area contributed by atoms with Crippen molar-refractivity contribution in [2.24, 2.45) is 5.92 Å². The van der Waals surface area contributed by atoms with Gasteiger partial charge in [0, 0.05) is 25.2 Å². The molecule has 1 amide bonds. The van der Waals surface area contributed by atoms with Crippen molar-refractivity contribution in [1.29, 1.82) is 0 Å². The van der Waals surface area contributed by atoms with Crippen LogP contribution in [0.25, 0.3) is 0 Å². The molecule has 0 bridgehead atoms. The molecule has 1 saturated carbocycles. The number of carbonyl (C=O) groups excluding carboxylic acids is 1. The summed E-state index contributed by atoms with van der Waals surface area (Å²) < 4.78 is 1.65. The van der Waals surface area contributed by atoms with Gasteiger partial charge in [-0.2, -0.15) is 0 Å². The van der Waals surface area contributed by atoms with Crippen molar-refractivity contribution < 1.29 is 14.7 Å². The monoisotopic (exact) mass is 223 g/mol. The third kappa shape index (κ3) is 2.59. The molecule has 1 aliphatic rings. The zero-order chi connectivity index (χ0) is 11.5. The predicted molar refractivity (Wildman–Crippen MR) is 54.9 cm³/mol. The minimum Gasteiger partial charge on any atom is -0.476 e. The maximum atomic E-state index is 11.3. The molecular formula is C10H13N3O3. The number of carboxylic acids is 1. The Kier molecular flexibility index (Phi) is 2.89. The molecule has 0 aliphatic heterocycles. The van der Waals surface area contributed by atoms with Crippen molar-refractivity contribution in [2.75, 3.05) is 6.54 Å². The predicted octanol–water partition coefficient (Wildman–Crippen LogP) is 0.107. The minimum absolute atomic E-state index is 0.0218. The lowest BCUT2D eigenvalue weighted by Crippen LogP contribution is -2.28. The van der Waals surface area contributed by atoms with E-state index in [4.69, 9.17) is 5.11 Å². The van der Waals surface area contributed by atoms with E-state index < -0.39 is 5.97 Å². The number of aromatic nitrogens is 2. The van der Waals surface area contributed by atoms with E-state index in [-0.39, 0.29) is 17.5 Å². The minimum atomic E-state index is -1.04. The first-order chi connectivity index (χ1) is 7.66. The van der Waals surface area contributed by atoms with E-state index in [1.165, 1.54) is 12.5 Å². The largest absolute Gasteiger partial charge is 0.476 e. The van der Waals surface area contributed by atoms with Crippen LogP contribution in [0.2, 0.25) is 0 Å². The summed E-state index contributed by atoms with van der Waals surface area (Å²) in [7, 11) is 0. The number of carboxylic acid groups (broad SMARTS) is 1. The first-order valence-corrected chi connectivity index (χ1v) is 5.19. The molecule has 0 unspecified atom stereocenters. The average Bonchev–Trinajstić information content (AvgIpc) is 2.98. The highest BCUT2D eigenvalue weighted by Crippen LogP contribution is 2.28. The number of nitrogens with one attached hydrogen (secondary N) is 1. The van der Waals surface area contributed by atoms with Gasteiger partial charge in [0.05, 0.1) is 6.33 Å². The summed E-state index contributed by atoms with van der Waals surface area (Å²) in [5.41, 5.74) is 0.0218. The molecule has 1 aromatic rings. The highest BCUT2D eigenvalue weighted by Gasteiger charge is 2.28. The van der Waals surface area contributed by atoms with Crippen LogP contribution in [-0.4, -0.2) is 33.1 Å². The molecule has 1 fully saturated rings. The second kappa shape index (κ2) is 4.34. The van der Waals surface area contributed by atoms with Crippen LogP contribution >= 0.6 is 0 Å². The van der Waals surface area contributed by atoms with Gasteiger partial charge in [0.25, 0.3) is 0 Å². The summed E-state index contributed by atoms with van der Waals surface area (Å²) in [5.74, 6) is -0.739. The van der Waals surface area contributed by atoms with Gasteiger partial charge in [0.15, 0.2) is 5.69 Å². The maximum Gasteiger partial charge on any atom is 0.356 e. The molecule has 2 N–H and O–H groups in total. The van der Waals surface area contributed by atoms with Crippen molar-refractivity contribution in [3.05, 3.63) is 18.2 Å². The number of imidazole rings is 1. The number of carbonyl (C=O) groups is 2. The van der Waals surface area contributed by atoms with E-state index in [0.717, 1.165) is 12.8 Å². The van der Waals surface area contributed by atoms with Crippen LogP contribution in [0.5, 0.6) is 0 Å². The van der Waals surface area contributed by atoms with Gasteiger partial charge < -0.3 is 15.0 Å². The standard InChI is InChI=1S/C10H13N3O3/c14-9(7-1-2-7)11-3-4-13-5-8(10(15)16)12-6-13/h5-7H,1-4H2,(H,11,14)(H,15,16). The smallest absolute Gasteiger partial charge is 0.356 e. The Hall–Kier alpha value is -1.85. The zero-order valence-electron chi connectivity index (χ0n) is 8.72. The van der Waals surface area contributed by atoms with Gasteiger partial charge in [-0.3, -0.25) is 4.79 Å². The SMILES string of the molecule is O=C(O)c1cn(CCNC(=O)C2CC2)cn1. The van der Waals surface area contributed by atoms with Gasteiger partial charge in [-0.15, -0.1) is 0 Å². The fraction of sp³-hybridized carbons (Fsp3) is 0.500. The molecule has 1 aliphatic carbocycles. The molecule has 0 radical (unpaired) electrons. The van der Waals surface area contributed by atoms with E-state index >= 15 is 0 Å². The number of nitrogens with zero attached hydrogens (tertiary/aromatic N) is 2. The van der Waals surface area contributed by atoms with Crippen molar-refractivity contribution in [2.45, 2.75) is 19.4 Å². The first-order valence-electron chi connectivity index (χ1n) is 5.19. The summed E-state index contributed by atoms with van der Waals surface area (Å²) >= 11 is 0. The van der Waals surface area contributed by atoms with Crippen molar-refractivity contribution in [3.63, 3.8) is 0 Å². The molecule has 0 aromatic carbocycles. The van der Waals surface area contributed by atoms with E-state index in [9.17, 15) is 9.59 Å². The zero-order valence-corrected chi connectivity index (χ0v) is 8.72. The van der Waals surface area contributed by atoms with E-state index in [0.29, 0.717) is 13.1 Å². The molecule has 1 aromatic heterocycles. The lowest BCUT2D eigenvalue weighted by atomic mass is 10.4. The molecule has 86 valence electrons. The Labute approximate surface area is 92.3 Å². The van der Waals surface area contributed by atoms with E-state index in [1.54, 1.807) is 4.57 Å². The Morgan fingerprint density at radius 1 is 1.56 bits per heavy atom. The normalized spacial score (nSPS) is 14.8. The van der Waals surface area contributed by atoms with Crippen LogP contribution < -0.4 is 5.32 Å². The molecule has 2 rings (SSSR count). The van der Waals surface area contributed by atoms with Crippen LogP contribution in [0.4, 0.5) is 0 Å². The van der Waals surface area contributed by atoms with Crippen LogP contribution in [-0.2, 0) is 11.3 Å². The Morgan fingerprint density at radius 3 is 2.88 bits per heavy atom. The van der Waals surface area contributed by atoms with Gasteiger partial charge in [0.2, 0.25) is 5.91 Å². The van der Waals surface area contributed by atoms with Gasteiger partial charge in [-0.1, -0.05) is 0 Å². The number of rotatable bonds is 5. The van der Waals surface area contributed by atoms with Gasteiger partial charge in [-0.25, -0.2) is 9.78 Å². The number of hydrogen-bond donors (Lipinski definition) is 2. The molecule has 0 saturated heterocycles. The van der Waals surface area contributed by atoms with Gasteiger partial charge in [-0.05, 0) is 12.8 Å².